The fraction of sp³-hybridized carbons (Fsp3) is 0.154. The first-order valence-electron chi connectivity index (χ1n) is 10.4. The summed E-state index contributed by atoms with van der Waals surface area (Å²) in [6.45, 7) is 2.45. The van der Waals surface area contributed by atoms with Crippen molar-refractivity contribution in [2.24, 2.45) is 4.99 Å². The van der Waals surface area contributed by atoms with Crippen molar-refractivity contribution in [3.63, 3.8) is 0 Å². The Labute approximate surface area is 187 Å². The molecule has 0 saturated heterocycles. The van der Waals surface area contributed by atoms with E-state index in [4.69, 9.17) is 4.74 Å². The molecular weight excluding hydrogens is 405 g/mol. The fourth-order valence-corrected chi connectivity index (χ4v) is 3.46. The first kappa shape index (κ1) is 21.3. The van der Waals surface area contributed by atoms with Gasteiger partial charge in [0.15, 0.2) is 5.84 Å². The Balaban J connectivity index is 1.76. The number of anilines is 2. The molecule has 1 aliphatic rings. The molecule has 0 unspecified atom stereocenters. The molecule has 0 spiro atoms. The van der Waals surface area contributed by atoms with Gasteiger partial charge in [-0.2, -0.15) is 0 Å². The Morgan fingerprint density at radius 3 is 2.31 bits per heavy atom. The lowest BCUT2D eigenvalue weighted by atomic mass is 10.1. The molecule has 162 valence electrons. The summed E-state index contributed by atoms with van der Waals surface area (Å²) < 4.78 is 20.1. The van der Waals surface area contributed by atoms with Crippen molar-refractivity contribution in [1.82, 2.24) is 0 Å². The molecule has 0 radical (unpaired) electrons. The van der Waals surface area contributed by atoms with E-state index >= 15 is 0 Å². The van der Waals surface area contributed by atoms with Crippen LogP contribution in [0.3, 0.4) is 0 Å². The summed E-state index contributed by atoms with van der Waals surface area (Å²) in [5.41, 5.74) is 2.99. The van der Waals surface area contributed by atoms with Gasteiger partial charge in [-0.3, -0.25) is 9.69 Å². The summed E-state index contributed by atoms with van der Waals surface area (Å²) in [5, 5.41) is 0. The zero-order valence-corrected chi connectivity index (χ0v) is 18.2. The summed E-state index contributed by atoms with van der Waals surface area (Å²) in [6.07, 6.45) is 1.72. The monoisotopic (exact) mass is 429 g/mol. The molecule has 5 nitrogen and oxygen atoms in total. The van der Waals surface area contributed by atoms with E-state index in [0.29, 0.717) is 18.0 Å². The van der Waals surface area contributed by atoms with Crippen molar-refractivity contribution in [3.05, 3.63) is 95.4 Å². The molecule has 1 aliphatic heterocycles. The third-order valence-corrected chi connectivity index (χ3v) is 5.09. The minimum Gasteiger partial charge on any atom is -0.494 e. The standard InChI is InChI=1S/C26H24FN3O2/c1-4-32-21-15-13-20(14-16-21)30-25(22-7-5-6-8-23(22)27)28-24(26(30)31)17-18-9-11-19(12-10-18)29(2)3/h5-17H,4H2,1-3H3/b24-17+. The van der Waals surface area contributed by atoms with E-state index in [1.54, 1.807) is 48.5 Å². The van der Waals surface area contributed by atoms with Crippen LogP contribution in [0.5, 0.6) is 5.75 Å². The van der Waals surface area contributed by atoms with Gasteiger partial charge in [0.2, 0.25) is 0 Å². The maximum atomic E-state index is 14.6. The number of amides is 1. The van der Waals surface area contributed by atoms with Gasteiger partial charge in [0.25, 0.3) is 5.91 Å². The van der Waals surface area contributed by atoms with Gasteiger partial charge in [-0.25, -0.2) is 9.38 Å². The van der Waals surface area contributed by atoms with Gasteiger partial charge in [0.1, 0.15) is 17.3 Å². The number of carbonyl (C=O) groups is 1. The predicted molar refractivity (Wildman–Crippen MR) is 127 cm³/mol. The Hall–Kier alpha value is -3.93. The molecule has 3 aromatic rings. The highest BCUT2D eigenvalue weighted by molar-refractivity contribution is 6.33. The topological polar surface area (TPSA) is 45.1 Å². The molecule has 0 atom stereocenters. The van der Waals surface area contributed by atoms with Crippen molar-refractivity contribution >= 4 is 29.2 Å². The van der Waals surface area contributed by atoms with E-state index in [-0.39, 0.29) is 23.0 Å². The van der Waals surface area contributed by atoms with E-state index in [1.807, 2.05) is 50.2 Å². The number of hydrogen-bond acceptors (Lipinski definition) is 4. The number of aliphatic imine (C=N–C) groups is 1. The van der Waals surface area contributed by atoms with Crippen molar-refractivity contribution in [2.45, 2.75) is 6.92 Å². The molecule has 1 heterocycles. The van der Waals surface area contributed by atoms with Gasteiger partial charge >= 0.3 is 0 Å². The third-order valence-electron chi connectivity index (χ3n) is 5.09. The van der Waals surface area contributed by atoms with Gasteiger partial charge in [0.05, 0.1) is 17.9 Å². The smallest absolute Gasteiger partial charge is 0.282 e. The normalized spacial score (nSPS) is 14.6. The van der Waals surface area contributed by atoms with Gasteiger partial charge in [0, 0.05) is 19.8 Å². The Kier molecular flexibility index (Phi) is 6.03. The molecule has 32 heavy (non-hydrogen) atoms. The number of halogens is 1. The Morgan fingerprint density at radius 1 is 1.00 bits per heavy atom. The predicted octanol–water partition coefficient (Wildman–Crippen LogP) is 5.12. The van der Waals surface area contributed by atoms with Crippen LogP contribution in [0.1, 0.15) is 18.1 Å². The number of amidine groups is 1. The molecule has 0 fully saturated rings. The van der Waals surface area contributed by atoms with Crippen LogP contribution < -0.4 is 14.5 Å². The van der Waals surface area contributed by atoms with Crippen LogP contribution >= 0.6 is 0 Å². The summed E-state index contributed by atoms with van der Waals surface area (Å²) in [6, 6.07) is 21.2. The van der Waals surface area contributed by atoms with E-state index in [9.17, 15) is 9.18 Å². The number of nitrogens with zero attached hydrogens (tertiary/aromatic N) is 3. The highest BCUT2D eigenvalue weighted by atomic mass is 19.1. The van der Waals surface area contributed by atoms with E-state index in [1.165, 1.54) is 11.0 Å². The van der Waals surface area contributed by atoms with Crippen molar-refractivity contribution < 1.29 is 13.9 Å². The minimum absolute atomic E-state index is 0.245. The number of carbonyl (C=O) groups excluding carboxylic acids is 1. The number of rotatable bonds is 6. The van der Waals surface area contributed by atoms with Crippen LogP contribution in [-0.4, -0.2) is 32.4 Å². The summed E-state index contributed by atoms with van der Waals surface area (Å²) in [4.78, 5) is 21.4. The lowest BCUT2D eigenvalue weighted by molar-refractivity contribution is -0.113. The van der Waals surface area contributed by atoms with Crippen LogP contribution in [0, 0.1) is 5.82 Å². The van der Waals surface area contributed by atoms with E-state index in [2.05, 4.69) is 4.99 Å². The Morgan fingerprint density at radius 2 is 1.69 bits per heavy atom. The molecule has 0 aliphatic carbocycles. The molecule has 6 heteroatoms. The first-order chi connectivity index (χ1) is 15.5. The van der Waals surface area contributed by atoms with Crippen molar-refractivity contribution in [1.29, 1.82) is 0 Å². The maximum Gasteiger partial charge on any atom is 0.282 e. The number of ether oxygens (including phenoxy) is 1. The molecule has 0 saturated carbocycles. The van der Waals surface area contributed by atoms with E-state index in [0.717, 1.165) is 11.3 Å². The van der Waals surface area contributed by atoms with Gasteiger partial charge in [-0.1, -0.05) is 24.3 Å². The van der Waals surface area contributed by atoms with Crippen LogP contribution in [0.2, 0.25) is 0 Å². The number of benzene rings is 3. The third kappa shape index (κ3) is 4.25. The number of hydrogen-bond donors (Lipinski definition) is 0. The minimum atomic E-state index is -0.438. The second kappa shape index (κ2) is 9.06. The molecule has 3 aromatic carbocycles. The van der Waals surface area contributed by atoms with Crippen LogP contribution in [0.25, 0.3) is 6.08 Å². The molecule has 1 amide bonds. The van der Waals surface area contributed by atoms with Crippen LogP contribution in [0.4, 0.5) is 15.8 Å². The zero-order valence-electron chi connectivity index (χ0n) is 18.2. The molecular formula is C26H24FN3O2. The van der Waals surface area contributed by atoms with Gasteiger partial charge in [-0.05, 0) is 67.1 Å². The molecule has 0 N–H and O–H groups in total. The van der Waals surface area contributed by atoms with Crippen molar-refractivity contribution in [3.8, 4) is 5.75 Å². The van der Waals surface area contributed by atoms with E-state index < -0.39 is 5.82 Å². The molecule has 0 bridgehead atoms. The lowest BCUT2D eigenvalue weighted by Crippen LogP contribution is -2.33. The average molecular weight is 429 g/mol. The van der Waals surface area contributed by atoms with Crippen LogP contribution in [-0.2, 0) is 4.79 Å². The van der Waals surface area contributed by atoms with Crippen LogP contribution in [0.15, 0.2) is 83.5 Å². The largest absolute Gasteiger partial charge is 0.494 e. The summed E-state index contributed by atoms with van der Waals surface area (Å²) in [7, 11) is 3.93. The van der Waals surface area contributed by atoms with Gasteiger partial charge in [-0.15, -0.1) is 0 Å². The second-order valence-corrected chi connectivity index (χ2v) is 7.50. The average Bonchev–Trinajstić information content (AvgIpc) is 3.11. The molecule has 4 rings (SSSR count). The Bertz CT molecular complexity index is 1180. The first-order valence-corrected chi connectivity index (χ1v) is 10.4. The second-order valence-electron chi connectivity index (χ2n) is 7.50. The maximum absolute atomic E-state index is 14.6. The fourth-order valence-electron chi connectivity index (χ4n) is 3.46. The highest BCUT2D eigenvalue weighted by Crippen LogP contribution is 2.30. The summed E-state index contributed by atoms with van der Waals surface area (Å²) >= 11 is 0. The SMILES string of the molecule is CCOc1ccc(N2C(=O)/C(=C\c3ccc(N(C)C)cc3)N=C2c2ccccc2F)cc1. The highest BCUT2D eigenvalue weighted by Gasteiger charge is 2.33. The summed E-state index contributed by atoms with van der Waals surface area (Å²) in [5.74, 6) is 0.202. The van der Waals surface area contributed by atoms with Gasteiger partial charge < -0.3 is 9.64 Å². The quantitative estimate of drug-likeness (QED) is 0.511. The molecule has 0 aromatic heterocycles. The zero-order chi connectivity index (χ0) is 22.7. The van der Waals surface area contributed by atoms with Crippen molar-refractivity contribution in [2.75, 3.05) is 30.5 Å². The lowest BCUT2D eigenvalue weighted by Gasteiger charge is -2.19.